The smallest absolute Gasteiger partial charge is 0.191 e. The minimum absolute atomic E-state index is 0. The summed E-state index contributed by atoms with van der Waals surface area (Å²) < 4.78 is 4.84. The Hall–Kier alpha value is -0.341. The van der Waals surface area contributed by atoms with Crippen molar-refractivity contribution >= 4 is 23.9 Å². The van der Waals surface area contributed by atoms with Gasteiger partial charge in [-0.1, -0.05) is 80.1 Å². The first-order valence-corrected chi connectivity index (χ1v) is 8.09. The molecular formula is C18H37NOSn. The van der Waals surface area contributed by atoms with Crippen molar-refractivity contribution in [1.82, 2.24) is 5.32 Å². The van der Waals surface area contributed by atoms with E-state index in [0.717, 1.165) is 5.88 Å². The molecule has 4 radical (unpaired) electrons. The summed E-state index contributed by atoms with van der Waals surface area (Å²) in [5.41, 5.74) is 2.83. The second kappa shape index (κ2) is 31.9. The third-order valence-corrected chi connectivity index (χ3v) is 2.35. The molecule has 0 spiro atoms. The third-order valence-electron chi connectivity index (χ3n) is 2.35. The number of unbranched alkanes of at least 4 members (excludes halogenated alkanes) is 3. The van der Waals surface area contributed by atoms with E-state index in [1.165, 1.54) is 38.5 Å². The Labute approximate surface area is 151 Å². The summed E-state index contributed by atoms with van der Waals surface area (Å²) in [6, 6.07) is 0. The number of ether oxygens (including phenoxy) is 1. The maximum absolute atomic E-state index is 4.84. The fourth-order valence-corrected chi connectivity index (χ4v) is 0.460. The molecule has 21 heavy (non-hydrogen) atoms. The molecule has 3 heteroatoms. The molecule has 1 rings (SSSR count). The molecule has 0 bridgehead atoms. The molecule has 0 aromatic rings. The van der Waals surface area contributed by atoms with Crippen molar-refractivity contribution in [2.75, 3.05) is 7.11 Å². The van der Waals surface area contributed by atoms with Gasteiger partial charge in [0.25, 0.3) is 0 Å². The fraction of sp³-hybridized carbons (Fsp3) is 0.722. The zero-order valence-electron chi connectivity index (χ0n) is 15.4. The minimum Gasteiger partial charge on any atom is -0.482 e. The van der Waals surface area contributed by atoms with Crippen molar-refractivity contribution in [2.24, 2.45) is 0 Å². The Bertz CT molecular complexity index is 228. The summed E-state index contributed by atoms with van der Waals surface area (Å²) in [5.74, 6) is 0.753. The fourth-order valence-electron chi connectivity index (χ4n) is 0.460. The van der Waals surface area contributed by atoms with E-state index >= 15 is 0 Å². The van der Waals surface area contributed by atoms with Crippen molar-refractivity contribution < 1.29 is 4.74 Å². The molecule has 0 aromatic carbocycles. The van der Waals surface area contributed by atoms with Gasteiger partial charge in [-0.2, -0.15) is 0 Å². The molecule has 1 heterocycles. The maximum atomic E-state index is 4.84. The van der Waals surface area contributed by atoms with Gasteiger partial charge >= 0.3 is 0 Å². The van der Waals surface area contributed by atoms with Gasteiger partial charge in [-0.15, -0.1) is 5.73 Å². The van der Waals surface area contributed by atoms with Crippen LogP contribution in [0.2, 0.25) is 0 Å². The summed E-state index contributed by atoms with van der Waals surface area (Å²) in [7, 11) is 1.62. The Balaban J connectivity index is -0.0000000973. The van der Waals surface area contributed by atoms with Crippen LogP contribution in [0.25, 0.3) is 0 Å². The van der Waals surface area contributed by atoms with Crippen LogP contribution < -0.4 is 5.32 Å². The summed E-state index contributed by atoms with van der Waals surface area (Å²) in [5, 5.41) is 2.84. The molecule has 0 fully saturated rings. The van der Waals surface area contributed by atoms with Gasteiger partial charge in [0.1, 0.15) is 0 Å². The monoisotopic (exact) mass is 403 g/mol. The number of nitrogens with one attached hydrogen (secondary N) is 1. The van der Waals surface area contributed by atoms with Crippen LogP contribution in [0, 0.1) is 0 Å². The van der Waals surface area contributed by atoms with Gasteiger partial charge in [-0.05, 0) is 6.08 Å². The van der Waals surface area contributed by atoms with E-state index in [0.29, 0.717) is 0 Å². The first-order valence-electron chi connectivity index (χ1n) is 8.09. The zero-order valence-corrected chi connectivity index (χ0v) is 18.2. The average Bonchev–Trinajstić information content (AvgIpc) is 2.56. The van der Waals surface area contributed by atoms with Crippen LogP contribution in [0.1, 0.15) is 80.1 Å². The Morgan fingerprint density at radius 2 is 1.24 bits per heavy atom. The molecule has 124 valence electrons. The molecule has 0 saturated heterocycles. The first-order chi connectivity index (χ1) is 9.67. The van der Waals surface area contributed by atoms with Gasteiger partial charge < -0.3 is 10.1 Å². The normalized spacial score (nSPS) is 9.95. The largest absolute Gasteiger partial charge is 0.482 e. The first kappa shape index (κ1) is 28.8. The van der Waals surface area contributed by atoms with E-state index in [1.54, 1.807) is 25.5 Å². The van der Waals surface area contributed by atoms with Crippen molar-refractivity contribution in [2.45, 2.75) is 80.1 Å². The van der Waals surface area contributed by atoms with Crippen LogP contribution in [0.5, 0.6) is 0 Å². The average molecular weight is 402 g/mol. The maximum Gasteiger partial charge on any atom is 0.191 e. The molecule has 1 N–H and O–H groups in total. The van der Waals surface area contributed by atoms with E-state index in [2.05, 4.69) is 52.6 Å². The molecular weight excluding hydrogens is 365 g/mol. The zero-order chi connectivity index (χ0) is 16.1. The van der Waals surface area contributed by atoms with Crippen LogP contribution in [0.3, 0.4) is 0 Å². The number of hydrogen-bond acceptors (Lipinski definition) is 2. The topological polar surface area (TPSA) is 21.3 Å². The second-order valence-electron chi connectivity index (χ2n) is 4.36. The summed E-state index contributed by atoms with van der Waals surface area (Å²) >= 11 is 0. The molecule has 2 nitrogen and oxygen atoms in total. The van der Waals surface area contributed by atoms with E-state index < -0.39 is 0 Å². The van der Waals surface area contributed by atoms with Crippen LogP contribution in [0.15, 0.2) is 30.0 Å². The molecule has 0 amide bonds. The molecule has 1 aliphatic heterocycles. The van der Waals surface area contributed by atoms with Gasteiger partial charge in [0, 0.05) is 36.2 Å². The van der Waals surface area contributed by atoms with Gasteiger partial charge in [-0.3, -0.25) is 0 Å². The van der Waals surface area contributed by atoms with Gasteiger partial charge in [0.2, 0.25) is 0 Å². The van der Waals surface area contributed by atoms with E-state index in [-0.39, 0.29) is 23.9 Å². The minimum atomic E-state index is 0. The molecule has 1 aliphatic rings. The Morgan fingerprint density at radius 3 is 1.38 bits per heavy atom. The summed E-state index contributed by atoms with van der Waals surface area (Å²) in [6.45, 7) is 13.1. The number of rotatable bonds is 4. The summed E-state index contributed by atoms with van der Waals surface area (Å²) in [4.78, 5) is 0. The SMILES string of the molecule is CCCC.CCCC.CCCC.COC1=CC=C=CN1.[Sn]. The molecule has 0 aliphatic carbocycles. The molecule has 0 unspecified atom stereocenters. The van der Waals surface area contributed by atoms with Crippen molar-refractivity contribution in [3.63, 3.8) is 0 Å². The van der Waals surface area contributed by atoms with Crippen LogP contribution in [-0.4, -0.2) is 31.0 Å². The van der Waals surface area contributed by atoms with Gasteiger partial charge in [0.15, 0.2) is 5.88 Å². The van der Waals surface area contributed by atoms with Crippen LogP contribution in [0.4, 0.5) is 0 Å². The number of hydrogen-bond donors (Lipinski definition) is 1. The predicted octanol–water partition coefficient (Wildman–Crippen LogP) is 5.78. The van der Waals surface area contributed by atoms with Crippen LogP contribution in [-0.2, 0) is 4.74 Å². The van der Waals surface area contributed by atoms with Gasteiger partial charge in [-0.25, -0.2) is 0 Å². The van der Waals surface area contributed by atoms with Crippen LogP contribution >= 0.6 is 0 Å². The number of allylic oxidation sites excluding steroid dienone is 2. The predicted molar refractivity (Wildman–Crippen MR) is 98.4 cm³/mol. The quantitative estimate of drug-likeness (QED) is 0.475. The third kappa shape index (κ3) is 38.3. The van der Waals surface area contributed by atoms with Gasteiger partial charge in [0.05, 0.1) is 7.11 Å². The molecule has 0 atom stereocenters. The van der Waals surface area contributed by atoms with Crippen molar-refractivity contribution in [3.8, 4) is 0 Å². The Kier molecular flexibility index (Phi) is 43.6. The number of methoxy groups -OCH3 is 1. The summed E-state index contributed by atoms with van der Waals surface area (Å²) in [6.07, 6.45) is 13.2. The van der Waals surface area contributed by atoms with E-state index in [9.17, 15) is 0 Å². The second-order valence-corrected chi connectivity index (χ2v) is 4.36. The molecule has 0 saturated carbocycles. The van der Waals surface area contributed by atoms with E-state index in [1.807, 2.05) is 0 Å². The van der Waals surface area contributed by atoms with Crippen molar-refractivity contribution in [1.29, 1.82) is 0 Å². The van der Waals surface area contributed by atoms with E-state index in [4.69, 9.17) is 4.74 Å². The Morgan fingerprint density at radius 1 is 0.857 bits per heavy atom. The molecule has 0 aromatic heterocycles. The standard InChI is InChI=1S/C6H7NO.3C4H10.Sn/c1-8-6-4-2-3-5-7-6;3*1-3-4-2;/h2,4-5,7H,1H3;3*3-4H2,1-2H3;. The van der Waals surface area contributed by atoms with Crippen molar-refractivity contribution in [3.05, 3.63) is 30.0 Å².